The topological polar surface area (TPSA) is 0 Å². The first kappa shape index (κ1) is 13.8. The predicted molar refractivity (Wildman–Crippen MR) is 80.8 cm³/mol. The summed E-state index contributed by atoms with van der Waals surface area (Å²) < 4.78 is 0. The number of halogens is 4. The first-order valence-electron chi connectivity index (χ1n) is 5.13. The lowest BCUT2D eigenvalue weighted by Gasteiger charge is -2.09. The van der Waals surface area contributed by atoms with Crippen molar-refractivity contribution in [2.45, 2.75) is 0 Å². The molecule has 0 aliphatic heterocycles. The van der Waals surface area contributed by atoms with Gasteiger partial charge in [0, 0.05) is 31.7 Å². The van der Waals surface area contributed by atoms with Crippen LogP contribution in [0.2, 0.25) is 15.1 Å². The smallest absolute Gasteiger partial charge is 0.0499 e. The maximum atomic E-state index is 6.17. The summed E-state index contributed by atoms with van der Waals surface area (Å²) in [6, 6.07) is 12.7. The highest BCUT2D eigenvalue weighted by Crippen LogP contribution is 2.32. The van der Waals surface area contributed by atoms with E-state index in [4.69, 9.17) is 46.4 Å². The highest BCUT2D eigenvalue weighted by Gasteiger charge is 2.09. The van der Waals surface area contributed by atoms with Crippen LogP contribution in [-0.4, -0.2) is 0 Å². The molecule has 0 aromatic heterocycles. The Hall–Kier alpha value is -0.660. The minimum atomic E-state index is 0.560. The Balaban J connectivity index is 2.49. The standard InChI is InChI=1S/C14H8Cl4/c15-8-13(9-1-3-10(16)4-2-9)12-6-5-11(17)7-14(12)18/h1-8H. The molecule has 0 amide bonds. The summed E-state index contributed by atoms with van der Waals surface area (Å²) in [6.45, 7) is 0. The highest BCUT2D eigenvalue weighted by atomic mass is 35.5. The Kier molecular flexibility index (Phi) is 4.58. The molecule has 0 nitrogen and oxygen atoms in total. The molecule has 0 N–H and O–H groups in total. The molecule has 4 heteroatoms. The van der Waals surface area contributed by atoms with Gasteiger partial charge in [-0.25, -0.2) is 0 Å². The Bertz CT molecular complexity index is 585. The lowest BCUT2D eigenvalue weighted by Crippen LogP contribution is -1.88. The zero-order valence-electron chi connectivity index (χ0n) is 9.13. The minimum Gasteiger partial charge on any atom is -0.0923 e. The van der Waals surface area contributed by atoms with Gasteiger partial charge in [0.25, 0.3) is 0 Å². The van der Waals surface area contributed by atoms with E-state index in [0.717, 1.165) is 16.7 Å². The van der Waals surface area contributed by atoms with Gasteiger partial charge in [-0.1, -0.05) is 64.6 Å². The van der Waals surface area contributed by atoms with Crippen LogP contribution >= 0.6 is 46.4 Å². The molecule has 0 aliphatic carbocycles. The molecule has 0 fully saturated rings. The first-order chi connectivity index (χ1) is 8.61. The van der Waals surface area contributed by atoms with Crippen molar-refractivity contribution in [3.05, 3.63) is 74.2 Å². The fourth-order valence-electron chi connectivity index (χ4n) is 1.61. The Morgan fingerprint density at radius 3 is 2.00 bits per heavy atom. The normalized spacial score (nSPS) is 11.7. The molecule has 0 saturated heterocycles. The lowest BCUT2D eigenvalue weighted by molar-refractivity contribution is 1.55. The third-order valence-electron chi connectivity index (χ3n) is 2.49. The van der Waals surface area contributed by atoms with E-state index in [-0.39, 0.29) is 0 Å². The molecule has 0 spiro atoms. The minimum absolute atomic E-state index is 0.560. The molecule has 0 radical (unpaired) electrons. The van der Waals surface area contributed by atoms with Crippen LogP contribution in [-0.2, 0) is 0 Å². The largest absolute Gasteiger partial charge is 0.0923 e. The van der Waals surface area contributed by atoms with E-state index in [9.17, 15) is 0 Å². The first-order valence-corrected chi connectivity index (χ1v) is 6.70. The molecule has 0 atom stereocenters. The Labute approximate surface area is 126 Å². The fourth-order valence-corrected chi connectivity index (χ4v) is 2.49. The molecule has 0 aliphatic rings. The van der Waals surface area contributed by atoms with E-state index in [2.05, 4.69) is 0 Å². The molecule has 0 saturated carbocycles. The Morgan fingerprint density at radius 2 is 1.44 bits per heavy atom. The van der Waals surface area contributed by atoms with Crippen LogP contribution < -0.4 is 0 Å². The van der Waals surface area contributed by atoms with E-state index >= 15 is 0 Å². The van der Waals surface area contributed by atoms with Gasteiger partial charge >= 0.3 is 0 Å². The molecule has 18 heavy (non-hydrogen) atoms. The molecule has 0 unspecified atom stereocenters. The molecule has 2 rings (SSSR count). The molecule has 0 bridgehead atoms. The predicted octanol–water partition coefficient (Wildman–Crippen LogP) is 6.27. The summed E-state index contributed by atoms with van der Waals surface area (Å²) in [5.41, 5.74) is 4.10. The van der Waals surface area contributed by atoms with Crippen molar-refractivity contribution in [3.8, 4) is 0 Å². The van der Waals surface area contributed by atoms with Crippen LogP contribution in [0.15, 0.2) is 48.0 Å². The van der Waals surface area contributed by atoms with E-state index in [1.165, 1.54) is 5.54 Å². The van der Waals surface area contributed by atoms with E-state index in [1.807, 2.05) is 18.2 Å². The molecule has 0 heterocycles. The van der Waals surface area contributed by atoms with Gasteiger partial charge in [-0.2, -0.15) is 0 Å². The van der Waals surface area contributed by atoms with Gasteiger partial charge in [-0.05, 0) is 29.8 Å². The monoisotopic (exact) mass is 316 g/mol. The van der Waals surface area contributed by atoms with Gasteiger partial charge in [-0.3, -0.25) is 0 Å². The molecule has 2 aromatic rings. The average molecular weight is 318 g/mol. The van der Waals surface area contributed by atoms with Crippen LogP contribution in [0.5, 0.6) is 0 Å². The van der Waals surface area contributed by atoms with Crippen LogP contribution in [0.4, 0.5) is 0 Å². The summed E-state index contributed by atoms with van der Waals surface area (Å²) in [6.07, 6.45) is 0. The van der Waals surface area contributed by atoms with Crippen LogP contribution in [0, 0.1) is 0 Å². The van der Waals surface area contributed by atoms with Crippen molar-refractivity contribution in [1.29, 1.82) is 0 Å². The van der Waals surface area contributed by atoms with Gasteiger partial charge < -0.3 is 0 Å². The maximum absolute atomic E-state index is 6.17. The highest BCUT2D eigenvalue weighted by molar-refractivity contribution is 6.36. The maximum Gasteiger partial charge on any atom is 0.0499 e. The van der Waals surface area contributed by atoms with Crippen molar-refractivity contribution >= 4 is 52.0 Å². The fraction of sp³-hybridized carbons (Fsp3) is 0. The van der Waals surface area contributed by atoms with Crippen molar-refractivity contribution in [3.63, 3.8) is 0 Å². The Morgan fingerprint density at radius 1 is 0.833 bits per heavy atom. The second kappa shape index (κ2) is 5.99. The SMILES string of the molecule is ClC=C(c1ccc(Cl)cc1)c1ccc(Cl)cc1Cl. The second-order valence-corrected chi connectivity index (χ2v) is 5.15. The van der Waals surface area contributed by atoms with Crippen molar-refractivity contribution in [2.24, 2.45) is 0 Å². The molecular formula is C14H8Cl4. The van der Waals surface area contributed by atoms with Crippen molar-refractivity contribution < 1.29 is 0 Å². The zero-order valence-corrected chi connectivity index (χ0v) is 12.2. The molecule has 2 aromatic carbocycles. The molecule has 92 valence electrons. The zero-order chi connectivity index (χ0) is 13.1. The van der Waals surface area contributed by atoms with E-state index in [0.29, 0.717) is 15.1 Å². The van der Waals surface area contributed by atoms with Gasteiger partial charge in [-0.15, -0.1) is 0 Å². The van der Waals surface area contributed by atoms with Gasteiger partial charge in [0.2, 0.25) is 0 Å². The number of rotatable bonds is 2. The summed E-state index contributed by atoms with van der Waals surface area (Å²) >= 11 is 23.8. The van der Waals surface area contributed by atoms with Crippen molar-refractivity contribution in [1.82, 2.24) is 0 Å². The third kappa shape index (κ3) is 3.02. The number of hydrogen-bond donors (Lipinski definition) is 0. The van der Waals surface area contributed by atoms with Crippen LogP contribution in [0.1, 0.15) is 11.1 Å². The third-order valence-corrected chi connectivity index (χ3v) is 3.50. The van der Waals surface area contributed by atoms with Gasteiger partial charge in [0.1, 0.15) is 0 Å². The van der Waals surface area contributed by atoms with Gasteiger partial charge in [0.05, 0.1) is 0 Å². The number of hydrogen-bond acceptors (Lipinski definition) is 0. The lowest BCUT2D eigenvalue weighted by atomic mass is 10.00. The summed E-state index contributed by atoms with van der Waals surface area (Å²) in [5, 5.41) is 1.83. The van der Waals surface area contributed by atoms with E-state index < -0.39 is 0 Å². The van der Waals surface area contributed by atoms with Gasteiger partial charge in [0.15, 0.2) is 0 Å². The average Bonchev–Trinajstić information content (AvgIpc) is 2.35. The summed E-state index contributed by atoms with van der Waals surface area (Å²) in [7, 11) is 0. The number of benzene rings is 2. The second-order valence-electron chi connectivity index (χ2n) is 3.65. The molecular weight excluding hydrogens is 310 g/mol. The van der Waals surface area contributed by atoms with Crippen LogP contribution in [0.3, 0.4) is 0 Å². The van der Waals surface area contributed by atoms with Crippen molar-refractivity contribution in [2.75, 3.05) is 0 Å². The summed E-state index contributed by atoms with van der Waals surface area (Å²) in [4.78, 5) is 0. The summed E-state index contributed by atoms with van der Waals surface area (Å²) in [5.74, 6) is 0. The quantitative estimate of drug-likeness (QED) is 0.612. The van der Waals surface area contributed by atoms with Crippen LogP contribution in [0.25, 0.3) is 5.57 Å². The van der Waals surface area contributed by atoms with E-state index in [1.54, 1.807) is 24.3 Å².